The summed E-state index contributed by atoms with van der Waals surface area (Å²) in [4.78, 5) is 21.1. The number of anilines is 1. The molecule has 1 aliphatic carbocycles. The lowest BCUT2D eigenvalue weighted by Gasteiger charge is -2.44. The van der Waals surface area contributed by atoms with Crippen molar-refractivity contribution in [3.8, 4) is 0 Å². The fourth-order valence-electron chi connectivity index (χ4n) is 5.61. The summed E-state index contributed by atoms with van der Waals surface area (Å²) >= 11 is 0. The number of amides is 1. The number of piperidine rings is 1. The summed E-state index contributed by atoms with van der Waals surface area (Å²) in [6.07, 6.45) is 6.79. The summed E-state index contributed by atoms with van der Waals surface area (Å²) in [6, 6.07) is 1.91. The van der Waals surface area contributed by atoms with Crippen LogP contribution in [0.3, 0.4) is 0 Å². The Morgan fingerprint density at radius 3 is 2.68 bits per heavy atom. The van der Waals surface area contributed by atoms with Crippen molar-refractivity contribution in [1.82, 2.24) is 20.4 Å². The Balaban J connectivity index is 1.23. The minimum Gasteiger partial charge on any atom is -0.356 e. The number of carbonyl (C=O) groups excluding carboxylic acids is 1. The highest BCUT2D eigenvalue weighted by Gasteiger charge is 2.46. The molecule has 0 aromatic carbocycles. The second-order valence-corrected chi connectivity index (χ2v) is 8.65. The molecule has 1 spiro atoms. The topological polar surface area (TPSA) is 74.5 Å². The first-order valence-electron chi connectivity index (χ1n) is 9.68. The van der Waals surface area contributed by atoms with Crippen LogP contribution < -0.4 is 10.2 Å². The van der Waals surface area contributed by atoms with Crippen molar-refractivity contribution in [2.75, 3.05) is 31.1 Å². The third-order valence-corrected chi connectivity index (χ3v) is 6.98. The third-order valence-electron chi connectivity index (χ3n) is 6.98. The monoisotopic (exact) mass is 345 g/mol. The lowest BCUT2D eigenvalue weighted by Crippen LogP contribution is -2.48. The highest BCUT2D eigenvalue weighted by molar-refractivity contribution is 5.79. The molecule has 2 bridgehead atoms. The van der Waals surface area contributed by atoms with E-state index in [0.29, 0.717) is 23.9 Å². The van der Waals surface area contributed by atoms with E-state index in [1.165, 1.54) is 19.3 Å². The van der Waals surface area contributed by atoms with Crippen molar-refractivity contribution in [3.63, 3.8) is 0 Å². The molecule has 0 radical (unpaired) electrons. The molecule has 3 saturated heterocycles. The average molecular weight is 345 g/mol. The number of hydrogen-bond donors (Lipinski definition) is 1. The minimum absolute atomic E-state index is 0.245. The van der Waals surface area contributed by atoms with Crippen molar-refractivity contribution in [1.29, 1.82) is 0 Å². The Hall–Kier alpha value is -1.63. The highest BCUT2D eigenvalue weighted by atomic mass is 16.5. The standard InChI is InChI=1S/C18H27N5O2/c1-12-20-17(25-21-12)23-10-13-6-14(8-15(23)7-13)22-4-2-18(3-5-22)9-16(24)19-11-18/h13-15H,2-11H2,1H3,(H,19,24). The first kappa shape index (κ1) is 15.6. The Morgan fingerprint density at radius 2 is 2.00 bits per heavy atom. The van der Waals surface area contributed by atoms with E-state index in [0.717, 1.165) is 51.4 Å². The van der Waals surface area contributed by atoms with Gasteiger partial charge in [-0.05, 0) is 63.5 Å². The maximum atomic E-state index is 11.6. The van der Waals surface area contributed by atoms with Crippen LogP contribution in [0.5, 0.6) is 0 Å². The molecule has 136 valence electrons. The number of carbonyl (C=O) groups is 1. The van der Waals surface area contributed by atoms with E-state index in [1.807, 2.05) is 6.92 Å². The van der Waals surface area contributed by atoms with Crippen LogP contribution in [-0.4, -0.2) is 59.2 Å². The highest BCUT2D eigenvalue weighted by Crippen LogP contribution is 2.43. The Morgan fingerprint density at radius 1 is 1.20 bits per heavy atom. The summed E-state index contributed by atoms with van der Waals surface area (Å²) in [5.41, 5.74) is 0.245. The summed E-state index contributed by atoms with van der Waals surface area (Å²) in [7, 11) is 0. The van der Waals surface area contributed by atoms with Crippen molar-refractivity contribution in [2.45, 2.75) is 57.5 Å². The molecule has 1 N–H and O–H groups in total. The molecule has 7 nitrogen and oxygen atoms in total. The maximum Gasteiger partial charge on any atom is 0.324 e. The first-order chi connectivity index (χ1) is 12.1. The van der Waals surface area contributed by atoms with Gasteiger partial charge in [0, 0.05) is 31.6 Å². The largest absolute Gasteiger partial charge is 0.356 e. The number of hydrogen-bond acceptors (Lipinski definition) is 6. The van der Waals surface area contributed by atoms with Gasteiger partial charge in [-0.25, -0.2) is 0 Å². The Bertz CT molecular complexity index is 666. The number of aromatic nitrogens is 2. The molecular formula is C18H27N5O2. The molecule has 4 fully saturated rings. The molecule has 3 aliphatic heterocycles. The summed E-state index contributed by atoms with van der Waals surface area (Å²) < 4.78 is 5.42. The van der Waals surface area contributed by atoms with Gasteiger partial charge in [0.15, 0.2) is 5.82 Å². The van der Waals surface area contributed by atoms with Crippen LogP contribution in [0.1, 0.15) is 44.3 Å². The van der Waals surface area contributed by atoms with Gasteiger partial charge in [0.1, 0.15) is 0 Å². The zero-order valence-electron chi connectivity index (χ0n) is 14.9. The molecule has 1 aromatic heterocycles. The molecular weight excluding hydrogens is 318 g/mol. The molecule has 4 aliphatic rings. The molecule has 1 saturated carbocycles. The molecule has 1 aromatic rings. The Labute approximate surface area is 148 Å². The molecule has 3 unspecified atom stereocenters. The van der Waals surface area contributed by atoms with Crippen LogP contribution in [0.2, 0.25) is 0 Å². The normalized spacial score (nSPS) is 34.7. The predicted octanol–water partition coefficient (Wildman–Crippen LogP) is 1.34. The van der Waals surface area contributed by atoms with Gasteiger partial charge in [-0.2, -0.15) is 4.98 Å². The molecule has 5 rings (SSSR count). The number of fused-ring (bicyclic) bond motifs is 2. The van der Waals surface area contributed by atoms with Crippen LogP contribution in [0, 0.1) is 18.3 Å². The van der Waals surface area contributed by atoms with Crippen LogP contribution in [-0.2, 0) is 4.79 Å². The first-order valence-corrected chi connectivity index (χ1v) is 9.68. The van der Waals surface area contributed by atoms with E-state index in [-0.39, 0.29) is 11.3 Å². The summed E-state index contributed by atoms with van der Waals surface area (Å²) in [6.45, 7) is 6.10. The SMILES string of the molecule is Cc1noc(N2CC3CC(N4CCC5(CC4)CNC(=O)C5)CC2C3)n1. The second-order valence-electron chi connectivity index (χ2n) is 8.65. The average Bonchev–Trinajstić information content (AvgIpc) is 3.27. The zero-order chi connectivity index (χ0) is 17.0. The summed E-state index contributed by atoms with van der Waals surface area (Å²) in [5.74, 6) is 1.70. The van der Waals surface area contributed by atoms with Gasteiger partial charge < -0.3 is 19.6 Å². The lowest BCUT2D eigenvalue weighted by atomic mass is 9.76. The van der Waals surface area contributed by atoms with Crippen molar-refractivity contribution in [2.24, 2.45) is 11.3 Å². The van der Waals surface area contributed by atoms with E-state index in [9.17, 15) is 4.79 Å². The number of nitrogens with one attached hydrogen (secondary N) is 1. The van der Waals surface area contributed by atoms with Crippen molar-refractivity contribution < 1.29 is 9.32 Å². The van der Waals surface area contributed by atoms with Crippen LogP contribution in [0.15, 0.2) is 4.52 Å². The van der Waals surface area contributed by atoms with E-state index < -0.39 is 0 Å². The number of nitrogens with zero attached hydrogens (tertiary/aromatic N) is 4. The fourth-order valence-corrected chi connectivity index (χ4v) is 5.61. The quantitative estimate of drug-likeness (QED) is 0.872. The fraction of sp³-hybridized carbons (Fsp3) is 0.833. The Kier molecular flexibility index (Phi) is 3.55. The van der Waals surface area contributed by atoms with Gasteiger partial charge in [-0.3, -0.25) is 4.79 Å². The second kappa shape index (κ2) is 5.69. The predicted molar refractivity (Wildman–Crippen MR) is 92.2 cm³/mol. The van der Waals surface area contributed by atoms with Gasteiger partial charge in [0.05, 0.1) is 0 Å². The van der Waals surface area contributed by atoms with Gasteiger partial charge in [0.25, 0.3) is 0 Å². The maximum absolute atomic E-state index is 11.6. The molecule has 3 atom stereocenters. The molecule has 7 heteroatoms. The van der Waals surface area contributed by atoms with Crippen LogP contribution in [0.4, 0.5) is 6.01 Å². The van der Waals surface area contributed by atoms with E-state index in [4.69, 9.17) is 4.52 Å². The number of rotatable bonds is 2. The van der Waals surface area contributed by atoms with Gasteiger partial charge in [-0.15, -0.1) is 0 Å². The van der Waals surface area contributed by atoms with Gasteiger partial charge in [-0.1, -0.05) is 5.16 Å². The zero-order valence-corrected chi connectivity index (χ0v) is 14.9. The number of likely N-dealkylation sites (tertiary alicyclic amines) is 1. The molecule has 4 heterocycles. The van der Waals surface area contributed by atoms with E-state index in [1.54, 1.807) is 0 Å². The third kappa shape index (κ3) is 2.72. The summed E-state index contributed by atoms with van der Waals surface area (Å²) in [5, 5.41) is 7.00. The van der Waals surface area contributed by atoms with Gasteiger partial charge in [0.2, 0.25) is 5.91 Å². The van der Waals surface area contributed by atoms with Crippen molar-refractivity contribution >= 4 is 11.9 Å². The van der Waals surface area contributed by atoms with E-state index >= 15 is 0 Å². The van der Waals surface area contributed by atoms with Gasteiger partial charge >= 0.3 is 6.01 Å². The van der Waals surface area contributed by atoms with Crippen LogP contribution in [0.25, 0.3) is 0 Å². The minimum atomic E-state index is 0.245. The number of aryl methyl sites for hydroxylation is 1. The molecule has 1 amide bonds. The van der Waals surface area contributed by atoms with Crippen LogP contribution >= 0.6 is 0 Å². The van der Waals surface area contributed by atoms with Crippen molar-refractivity contribution in [3.05, 3.63) is 5.82 Å². The molecule has 25 heavy (non-hydrogen) atoms. The van der Waals surface area contributed by atoms with E-state index in [2.05, 4.69) is 25.3 Å². The lowest BCUT2D eigenvalue weighted by molar-refractivity contribution is -0.119. The smallest absolute Gasteiger partial charge is 0.324 e.